The number of likely N-dealkylation sites (tertiary alicyclic amines) is 1. The van der Waals surface area contributed by atoms with Crippen molar-refractivity contribution in [3.8, 4) is 5.75 Å². The van der Waals surface area contributed by atoms with E-state index in [1.807, 2.05) is 0 Å². The Bertz CT molecular complexity index is 909. The fraction of sp³-hybridized carbons (Fsp3) is 0.526. The first-order valence-corrected chi connectivity index (χ1v) is 9.57. The lowest BCUT2D eigenvalue weighted by Gasteiger charge is -2.38. The highest BCUT2D eigenvalue weighted by atomic mass is 19.4. The summed E-state index contributed by atoms with van der Waals surface area (Å²) in [5.74, 6) is 0.102. The maximum Gasteiger partial charge on any atom is 0.573 e. The minimum Gasteiger partial charge on any atom is -0.408 e. The molecule has 0 bridgehead atoms. The molecule has 2 aliphatic rings. The van der Waals surface area contributed by atoms with Crippen LogP contribution in [0.4, 0.5) is 24.0 Å². The van der Waals surface area contributed by atoms with Crippen LogP contribution in [0.25, 0.3) is 0 Å². The molecular formula is C19H21F3N4O4. The normalized spacial score (nSPS) is 21.1. The SMILES string of the molecule is Cc1nnc(NC(=O)N2CCC3(CC2)CC(c2cccc(OC(F)(F)F)c2)CO3)o1. The van der Waals surface area contributed by atoms with Gasteiger partial charge in [-0.05, 0) is 37.0 Å². The van der Waals surface area contributed by atoms with Gasteiger partial charge < -0.3 is 18.8 Å². The molecule has 2 aliphatic heterocycles. The molecule has 2 saturated heterocycles. The molecule has 11 heteroatoms. The lowest BCUT2D eigenvalue weighted by Crippen LogP contribution is -2.47. The standard InChI is InChI=1S/C19H21F3N4O4/c1-12-24-25-16(29-12)23-17(27)26-7-5-18(6-8-26)10-14(11-28-18)13-3-2-4-15(9-13)30-19(20,21)22/h2-4,9,14H,5-8,10-11H2,1H3,(H,23,25,27). The molecule has 0 saturated carbocycles. The van der Waals surface area contributed by atoms with Crippen molar-refractivity contribution in [2.75, 3.05) is 25.0 Å². The van der Waals surface area contributed by atoms with Gasteiger partial charge in [-0.3, -0.25) is 5.32 Å². The highest BCUT2D eigenvalue weighted by Crippen LogP contribution is 2.43. The number of hydrogen-bond donors (Lipinski definition) is 1. The third kappa shape index (κ3) is 4.66. The summed E-state index contributed by atoms with van der Waals surface area (Å²) in [7, 11) is 0. The zero-order valence-corrected chi connectivity index (χ0v) is 16.2. The predicted octanol–water partition coefficient (Wildman–Crippen LogP) is 3.85. The number of aromatic nitrogens is 2. The number of aryl methyl sites for hydroxylation is 1. The van der Waals surface area contributed by atoms with Crippen LogP contribution < -0.4 is 10.1 Å². The average molecular weight is 426 g/mol. The minimum absolute atomic E-state index is 0.0245. The van der Waals surface area contributed by atoms with Gasteiger partial charge in [0.15, 0.2) is 0 Å². The van der Waals surface area contributed by atoms with E-state index in [0.29, 0.717) is 44.8 Å². The maximum atomic E-state index is 12.5. The third-order valence-electron chi connectivity index (χ3n) is 5.47. The molecule has 1 spiro atoms. The summed E-state index contributed by atoms with van der Waals surface area (Å²) in [6.45, 7) is 3.03. The average Bonchev–Trinajstić information content (AvgIpc) is 3.28. The number of benzene rings is 1. The molecule has 2 amide bonds. The van der Waals surface area contributed by atoms with E-state index < -0.39 is 6.36 Å². The number of carbonyl (C=O) groups is 1. The number of halogens is 3. The Morgan fingerprint density at radius 2 is 2.07 bits per heavy atom. The highest BCUT2D eigenvalue weighted by molar-refractivity contribution is 5.87. The number of rotatable bonds is 3. The Kier molecular flexibility index (Phi) is 5.31. The summed E-state index contributed by atoms with van der Waals surface area (Å²) in [5.41, 5.74) is 0.365. The summed E-state index contributed by atoms with van der Waals surface area (Å²) >= 11 is 0. The Balaban J connectivity index is 1.33. The van der Waals surface area contributed by atoms with Gasteiger partial charge in [-0.2, -0.15) is 0 Å². The van der Waals surface area contributed by atoms with E-state index in [-0.39, 0.29) is 29.3 Å². The molecule has 30 heavy (non-hydrogen) atoms. The Morgan fingerprint density at radius 3 is 2.73 bits per heavy atom. The molecule has 1 aromatic carbocycles. The van der Waals surface area contributed by atoms with E-state index in [1.54, 1.807) is 24.0 Å². The molecule has 4 rings (SSSR count). The van der Waals surface area contributed by atoms with Crippen molar-refractivity contribution in [3.05, 3.63) is 35.7 Å². The van der Waals surface area contributed by atoms with Gasteiger partial charge in [0.25, 0.3) is 0 Å². The minimum atomic E-state index is -4.72. The van der Waals surface area contributed by atoms with Gasteiger partial charge in [-0.25, -0.2) is 4.79 Å². The van der Waals surface area contributed by atoms with E-state index >= 15 is 0 Å². The molecule has 1 unspecified atom stereocenters. The number of piperidine rings is 1. The highest BCUT2D eigenvalue weighted by Gasteiger charge is 2.44. The molecular weight excluding hydrogens is 405 g/mol. The molecule has 1 N–H and O–H groups in total. The number of urea groups is 1. The number of ether oxygens (including phenoxy) is 2. The smallest absolute Gasteiger partial charge is 0.408 e. The lowest BCUT2D eigenvalue weighted by molar-refractivity contribution is -0.274. The fourth-order valence-corrected chi connectivity index (χ4v) is 4.01. The second kappa shape index (κ2) is 7.78. The molecule has 1 aromatic heterocycles. The van der Waals surface area contributed by atoms with Crippen LogP contribution in [0.15, 0.2) is 28.7 Å². The van der Waals surface area contributed by atoms with Crippen molar-refractivity contribution in [1.29, 1.82) is 0 Å². The second-order valence-electron chi connectivity index (χ2n) is 7.56. The van der Waals surface area contributed by atoms with E-state index in [0.717, 1.165) is 5.56 Å². The van der Waals surface area contributed by atoms with Crippen LogP contribution in [0.1, 0.15) is 36.6 Å². The van der Waals surface area contributed by atoms with Gasteiger partial charge in [0.2, 0.25) is 5.89 Å². The number of alkyl halides is 3. The number of anilines is 1. The molecule has 2 aromatic rings. The lowest BCUT2D eigenvalue weighted by atomic mass is 9.83. The number of carbonyl (C=O) groups excluding carboxylic acids is 1. The zero-order valence-electron chi connectivity index (χ0n) is 16.2. The molecule has 3 heterocycles. The van der Waals surface area contributed by atoms with Crippen LogP contribution in [-0.4, -0.2) is 52.8 Å². The van der Waals surface area contributed by atoms with Gasteiger partial charge in [-0.1, -0.05) is 17.2 Å². The quantitative estimate of drug-likeness (QED) is 0.802. The van der Waals surface area contributed by atoms with Crippen molar-refractivity contribution in [2.24, 2.45) is 0 Å². The molecule has 0 aliphatic carbocycles. The zero-order chi connectivity index (χ0) is 21.4. The van der Waals surface area contributed by atoms with Crippen LogP contribution in [0.3, 0.4) is 0 Å². The first-order valence-electron chi connectivity index (χ1n) is 9.57. The van der Waals surface area contributed by atoms with Crippen molar-refractivity contribution >= 4 is 12.0 Å². The van der Waals surface area contributed by atoms with Crippen molar-refractivity contribution < 1.29 is 31.9 Å². The summed E-state index contributed by atoms with van der Waals surface area (Å²) < 4.78 is 52.7. The van der Waals surface area contributed by atoms with Crippen molar-refractivity contribution in [2.45, 2.75) is 44.1 Å². The summed E-state index contributed by atoms with van der Waals surface area (Å²) in [6.07, 6.45) is -2.77. The molecule has 0 radical (unpaired) electrons. The van der Waals surface area contributed by atoms with Crippen molar-refractivity contribution in [3.63, 3.8) is 0 Å². The molecule has 8 nitrogen and oxygen atoms in total. The molecule has 162 valence electrons. The first-order chi connectivity index (χ1) is 14.2. The van der Waals surface area contributed by atoms with E-state index in [9.17, 15) is 18.0 Å². The van der Waals surface area contributed by atoms with Crippen LogP contribution >= 0.6 is 0 Å². The van der Waals surface area contributed by atoms with Crippen LogP contribution in [0.2, 0.25) is 0 Å². The van der Waals surface area contributed by atoms with Crippen LogP contribution in [0.5, 0.6) is 5.75 Å². The maximum absolute atomic E-state index is 12.5. The van der Waals surface area contributed by atoms with Gasteiger partial charge in [0.05, 0.1) is 12.2 Å². The Hall–Kier alpha value is -2.82. The predicted molar refractivity (Wildman–Crippen MR) is 98.0 cm³/mol. The summed E-state index contributed by atoms with van der Waals surface area (Å²) in [6, 6.07) is 5.76. The Labute approximate surface area is 170 Å². The van der Waals surface area contributed by atoms with E-state index in [2.05, 4.69) is 20.3 Å². The monoisotopic (exact) mass is 426 g/mol. The molecule has 2 fully saturated rings. The summed E-state index contributed by atoms with van der Waals surface area (Å²) in [4.78, 5) is 14.0. The van der Waals surface area contributed by atoms with Gasteiger partial charge in [-0.15, -0.1) is 18.3 Å². The number of amides is 2. The number of nitrogens with zero attached hydrogens (tertiary/aromatic N) is 3. The van der Waals surface area contributed by atoms with Gasteiger partial charge >= 0.3 is 18.4 Å². The largest absolute Gasteiger partial charge is 0.573 e. The van der Waals surface area contributed by atoms with Gasteiger partial charge in [0.1, 0.15) is 5.75 Å². The van der Waals surface area contributed by atoms with E-state index in [1.165, 1.54) is 12.1 Å². The van der Waals surface area contributed by atoms with Crippen LogP contribution in [-0.2, 0) is 4.74 Å². The first kappa shape index (κ1) is 20.5. The Morgan fingerprint density at radius 1 is 1.30 bits per heavy atom. The van der Waals surface area contributed by atoms with Gasteiger partial charge in [0, 0.05) is 25.9 Å². The van der Waals surface area contributed by atoms with E-state index in [4.69, 9.17) is 9.15 Å². The van der Waals surface area contributed by atoms with Crippen LogP contribution in [0, 0.1) is 6.92 Å². The third-order valence-corrected chi connectivity index (χ3v) is 5.47. The topological polar surface area (TPSA) is 89.7 Å². The number of hydrogen-bond acceptors (Lipinski definition) is 6. The summed E-state index contributed by atoms with van der Waals surface area (Å²) in [5, 5.41) is 9.98. The number of nitrogens with one attached hydrogen (secondary N) is 1. The fourth-order valence-electron chi connectivity index (χ4n) is 4.01. The molecule has 1 atom stereocenters. The second-order valence-corrected chi connectivity index (χ2v) is 7.56. The van der Waals surface area contributed by atoms with Crippen molar-refractivity contribution in [1.82, 2.24) is 15.1 Å².